The summed E-state index contributed by atoms with van der Waals surface area (Å²) in [5, 5.41) is 3.26. The van der Waals surface area contributed by atoms with Crippen molar-refractivity contribution in [2.24, 2.45) is 4.99 Å². The number of rotatable bonds is 1. The molecule has 1 unspecified atom stereocenters. The minimum Gasteiger partial charge on any atom is -0.481 e. The first kappa shape index (κ1) is 10.8. The smallest absolute Gasteiger partial charge is 0.153 e. The third-order valence-electron chi connectivity index (χ3n) is 2.35. The predicted molar refractivity (Wildman–Crippen MR) is 67.1 cm³/mol. The van der Waals surface area contributed by atoms with Gasteiger partial charge in [-0.05, 0) is 39.0 Å². The standard InChI is InChI=1S/C12H17N3O/c1-7(2)14-12-8(3)16-11-5-4-9(13)6-10(11)15-12/h4-8H,13H2,1-3H3,(H,14,15). The van der Waals surface area contributed by atoms with E-state index in [-0.39, 0.29) is 12.1 Å². The van der Waals surface area contributed by atoms with Crippen molar-refractivity contribution in [2.75, 3.05) is 11.1 Å². The van der Waals surface area contributed by atoms with E-state index < -0.39 is 0 Å². The molecule has 3 N–H and O–H groups in total. The number of nitrogen functional groups attached to an aromatic ring is 1. The number of hydrogen-bond acceptors (Lipinski definition) is 3. The van der Waals surface area contributed by atoms with E-state index in [0.717, 1.165) is 17.3 Å². The number of anilines is 2. The molecule has 0 radical (unpaired) electrons. The summed E-state index contributed by atoms with van der Waals surface area (Å²) in [5.41, 5.74) is 7.33. The molecule has 1 aliphatic rings. The molecule has 0 spiro atoms. The summed E-state index contributed by atoms with van der Waals surface area (Å²) in [6, 6.07) is 5.81. The van der Waals surface area contributed by atoms with Crippen LogP contribution in [0.5, 0.6) is 5.75 Å². The molecule has 0 aliphatic carbocycles. The maximum Gasteiger partial charge on any atom is 0.153 e. The van der Waals surface area contributed by atoms with Crippen LogP contribution in [0.15, 0.2) is 23.2 Å². The van der Waals surface area contributed by atoms with Crippen molar-refractivity contribution < 1.29 is 4.74 Å². The summed E-state index contributed by atoms with van der Waals surface area (Å²) in [5.74, 6) is 1.68. The molecule has 0 aromatic heterocycles. The molecule has 0 saturated heterocycles. The molecule has 16 heavy (non-hydrogen) atoms. The van der Waals surface area contributed by atoms with Crippen LogP contribution in [0.1, 0.15) is 20.8 Å². The van der Waals surface area contributed by atoms with Gasteiger partial charge in [-0.3, -0.25) is 4.99 Å². The van der Waals surface area contributed by atoms with Crippen molar-refractivity contribution >= 4 is 17.2 Å². The van der Waals surface area contributed by atoms with E-state index in [4.69, 9.17) is 10.5 Å². The highest BCUT2D eigenvalue weighted by atomic mass is 16.5. The van der Waals surface area contributed by atoms with Gasteiger partial charge in [-0.1, -0.05) is 0 Å². The predicted octanol–water partition coefficient (Wildman–Crippen LogP) is 2.27. The van der Waals surface area contributed by atoms with Crippen molar-refractivity contribution in [3.8, 4) is 5.75 Å². The summed E-state index contributed by atoms with van der Waals surface area (Å²) >= 11 is 0. The van der Waals surface area contributed by atoms with Gasteiger partial charge in [0, 0.05) is 11.7 Å². The number of amidine groups is 1. The van der Waals surface area contributed by atoms with E-state index in [0.29, 0.717) is 5.69 Å². The van der Waals surface area contributed by atoms with Crippen molar-refractivity contribution in [1.82, 2.24) is 0 Å². The molecule has 0 bridgehead atoms. The highest BCUT2D eigenvalue weighted by molar-refractivity contribution is 6.02. The van der Waals surface area contributed by atoms with Gasteiger partial charge >= 0.3 is 0 Å². The topological polar surface area (TPSA) is 59.6 Å². The summed E-state index contributed by atoms with van der Waals surface area (Å²) in [6.07, 6.45) is -0.0430. The zero-order valence-electron chi connectivity index (χ0n) is 9.82. The van der Waals surface area contributed by atoms with Gasteiger partial charge in [-0.15, -0.1) is 0 Å². The number of nitrogens with one attached hydrogen (secondary N) is 1. The second-order valence-corrected chi connectivity index (χ2v) is 4.25. The monoisotopic (exact) mass is 219 g/mol. The van der Waals surface area contributed by atoms with Crippen LogP contribution in [0.4, 0.5) is 11.4 Å². The Morgan fingerprint density at radius 2 is 2.19 bits per heavy atom. The first-order valence-corrected chi connectivity index (χ1v) is 5.47. The lowest BCUT2D eigenvalue weighted by Crippen LogP contribution is -2.35. The lowest BCUT2D eigenvalue weighted by molar-refractivity contribution is 0.282. The number of aliphatic imine (C=N–C) groups is 1. The summed E-state index contributed by atoms with van der Waals surface area (Å²) in [7, 11) is 0. The third kappa shape index (κ3) is 2.10. The Hall–Kier alpha value is -1.71. The van der Waals surface area contributed by atoms with Crippen LogP contribution in [0.3, 0.4) is 0 Å². The SMILES string of the molecule is CC(C)N=C1Nc2cc(N)ccc2OC1C. The van der Waals surface area contributed by atoms with Crippen LogP contribution in [0, 0.1) is 0 Å². The van der Waals surface area contributed by atoms with Crippen LogP contribution in [0.2, 0.25) is 0 Å². The fraction of sp³-hybridized carbons (Fsp3) is 0.417. The van der Waals surface area contributed by atoms with Crippen LogP contribution in [-0.4, -0.2) is 18.0 Å². The minimum atomic E-state index is -0.0430. The van der Waals surface area contributed by atoms with E-state index >= 15 is 0 Å². The van der Waals surface area contributed by atoms with Gasteiger partial charge in [0.05, 0.1) is 5.69 Å². The highest BCUT2D eigenvalue weighted by Crippen LogP contribution is 2.31. The zero-order chi connectivity index (χ0) is 11.7. The first-order valence-electron chi connectivity index (χ1n) is 5.47. The van der Waals surface area contributed by atoms with Crippen molar-refractivity contribution in [3.63, 3.8) is 0 Å². The van der Waals surface area contributed by atoms with Gasteiger partial charge in [0.15, 0.2) is 6.10 Å². The van der Waals surface area contributed by atoms with Crippen LogP contribution in [-0.2, 0) is 0 Å². The van der Waals surface area contributed by atoms with Gasteiger partial charge in [-0.25, -0.2) is 0 Å². The molecule has 0 amide bonds. The molecular weight excluding hydrogens is 202 g/mol. The molecule has 1 aromatic rings. The van der Waals surface area contributed by atoms with Crippen molar-refractivity contribution in [3.05, 3.63) is 18.2 Å². The molecule has 0 saturated carbocycles. The minimum absolute atomic E-state index is 0.0430. The number of fused-ring (bicyclic) bond motifs is 1. The maximum atomic E-state index is 5.75. The van der Waals surface area contributed by atoms with E-state index in [1.807, 2.05) is 39.0 Å². The maximum absolute atomic E-state index is 5.75. The Balaban J connectivity index is 2.33. The lowest BCUT2D eigenvalue weighted by Gasteiger charge is -2.27. The molecule has 1 heterocycles. The van der Waals surface area contributed by atoms with E-state index in [9.17, 15) is 0 Å². The van der Waals surface area contributed by atoms with Gasteiger partial charge < -0.3 is 15.8 Å². The summed E-state index contributed by atoms with van der Waals surface area (Å²) < 4.78 is 5.75. The Kier molecular flexibility index (Phi) is 2.73. The fourth-order valence-corrected chi connectivity index (χ4v) is 1.65. The number of nitrogens with zero attached hydrogens (tertiary/aromatic N) is 1. The lowest BCUT2D eigenvalue weighted by atomic mass is 10.2. The zero-order valence-corrected chi connectivity index (χ0v) is 9.82. The van der Waals surface area contributed by atoms with Crippen LogP contribution < -0.4 is 15.8 Å². The molecular formula is C12H17N3O. The molecule has 86 valence electrons. The third-order valence-corrected chi connectivity index (χ3v) is 2.35. The van der Waals surface area contributed by atoms with E-state index in [1.54, 1.807) is 0 Å². The Labute approximate surface area is 95.5 Å². The van der Waals surface area contributed by atoms with E-state index in [1.165, 1.54) is 0 Å². The second kappa shape index (κ2) is 4.04. The van der Waals surface area contributed by atoms with Crippen molar-refractivity contribution in [2.45, 2.75) is 32.9 Å². The molecule has 1 aliphatic heterocycles. The normalized spacial score (nSPS) is 21.5. The van der Waals surface area contributed by atoms with Gasteiger partial charge in [0.1, 0.15) is 11.6 Å². The quantitative estimate of drug-likeness (QED) is 0.712. The Morgan fingerprint density at radius 3 is 2.88 bits per heavy atom. The summed E-state index contributed by atoms with van der Waals surface area (Å²) in [4.78, 5) is 4.49. The van der Waals surface area contributed by atoms with Crippen LogP contribution in [0.25, 0.3) is 0 Å². The molecule has 4 nitrogen and oxygen atoms in total. The molecule has 1 aromatic carbocycles. The fourth-order valence-electron chi connectivity index (χ4n) is 1.65. The van der Waals surface area contributed by atoms with Crippen LogP contribution >= 0.6 is 0 Å². The molecule has 1 atom stereocenters. The first-order chi connectivity index (χ1) is 7.56. The second-order valence-electron chi connectivity index (χ2n) is 4.25. The largest absolute Gasteiger partial charge is 0.481 e. The van der Waals surface area contributed by atoms with Gasteiger partial charge in [0.2, 0.25) is 0 Å². The molecule has 4 heteroatoms. The number of hydrogen-bond donors (Lipinski definition) is 2. The van der Waals surface area contributed by atoms with Gasteiger partial charge in [-0.2, -0.15) is 0 Å². The molecule has 2 rings (SSSR count). The number of benzene rings is 1. The van der Waals surface area contributed by atoms with Crippen molar-refractivity contribution in [1.29, 1.82) is 0 Å². The Bertz CT molecular complexity index is 426. The highest BCUT2D eigenvalue weighted by Gasteiger charge is 2.21. The Morgan fingerprint density at radius 1 is 1.44 bits per heavy atom. The average Bonchev–Trinajstić information content (AvgIpc) is 2.19. The average molecular weight is 219 g/mol. The number of nitrogens with two attached hydrogens (primary N) is 1. The van der Waals surface area contributed by atoms with Gasteiger partial charge in [0.25, 0.3) is 0 Å². The summed E-state index contributed by atoms with van der Waals surface area (Å²) in [6.45, 7) is 6.06. The van der Waals surface area contributed by atoms with E-state index in [2.05, 4.69) is 10.3 Å². The number of ether oxygens (including phenoxy) is 1. The molecule has 0 fully saturated rings.